The Balaban J connectivity index is 1.53. The summed E-state index contributed by atoms with van der Waals surface area (Å²) in [5, 5.41) is 30.4. The fourth-order valence-corrected chi connectivity index (χ4v) is 8.56. The molecule has 4 amide bonds. The van der Waals surface area contributed by atoms with Gasteiger partial charge < -0.3 is 19.9 Å². The maximum Gasteiger partial charge on any atom is 0.488 e. The number of methoxy groups -OCH3 is 1. The van der Waals surface area contributed by atoms with E-state index in [-0.39, 0.29) is 46.5 Å². The number of aromatic hydroxyl groups is 1. The smallest absolute Gasteiger partial charge is 0.488 e. The number of halogens is 3. The van der Waals surface area contributed by atoms with Crippen molar-refractivity contribution in [3.63, 3.8) is 0 Å². The number of phenols is 1. The Labute approximate surface area is 259 Å². The molecule has 14 heteroatoms. The number of hydrogen-bond acceptors (Lipinski definition) is 8. The van der Waals surface area contributed by atoms with Gasteiger partial charge in [-0.15, -0.1) is 23.2 Å². The third-order valence-electron chi connectivity index (χ3n) is 8.99. The predicted molar refractivity (Wildman–Crippen MR) is 157 cm³/mol. The molecule has 1 saturated carbocycles. The zero-order chi connectivity index (χ0) is 30.3. The molecule has 2 aliphatic heterocycles. The normalized spacial score (nSPS) is 32.0. The molecule has 4 aliphatic rings. The zero-order valence-corrected chi connectivity index (χ0v) is 25.1. The lowest BCUT2D eigenvalue weighted by Gasteiger charge is -2.50. The van der Waals surface area contributed by atoms with Crippen LogP contribution in [0.3, 0.4) is 0 Å². The van der Waals surface area contributed by atoms with E-state index in [1.54, 1.807) is 18.2 Å². The molecule has 0 bridgehead atoms. The van der Waals surface area contributed by atoms with Gasteiger partial charge in [0.1, 0.15) is 11.5 Å². The number of ether oxygens (including phenoxy) is 1. The van der Waals surface area contributed by atoms with Crippen molar-refractivity contribution >= 4 is 81.0 Å². The number of carbonyl (C=O) groups is 4. The second kappa shape index (κ2) is 10.1. The predicted octanol–water partition coefficient (Wildman–Crippen LogP) is 2.00. The summed E-state index contributed by atoms with van der Waals surface area (Å²) in [6, 6.07) is 10.4. The van der Waals surface area contributed by atoms with E-state index in [9.17, 15) is 34.3 Å². The van der Waals surface area contributed by atoms with Crippen LogP contribution in [-0.4, -0.2) is 73.1 Å². The molecule has 0 radical (unpaired) electrons. The molecular formula is C28H24BBrCl2N2O8. The van der Waals surface area contributed by atoms with Crippen LogP contribution < -0.4 is 15.1 Å². The Hall–Kier alpha value is -2.90. The number of rotatable bonds is 5. The van der Waals surface area contributed by atoms with Crippen molar-refractivity contribution in [1.29, 1.82) is 0 Å². The lowest BCUT2D eigenvalue weighted by molar-refractivity contribution is -0.138. The van der Waals surface area contributed by atoms with Gasteiger partial charge in [-0.3, -0.25) is 29.0 Å². The Kier molecular flexibility index (Phi) is 7.01. The number of allylic oxidation sites excluding steroid dienone is 2. The van der Waals surface area contributed by atoms with Crippen LogP contribution in [0.25, 0.3) is 0 Å². The average molecular weight is 678 g/mol. The minimum Gasteiger partial charge on any atom is -0.508 e. The van der Waals surface area contributed by atoms with Gasteiger partial charge in [-0.2, -0.15) is 0 Å². The molecular weight excluding hydrogens is 654 g/mol. The summed E-state index contributed by atoms with van der Waals surface area (Å²) in [6.07, 6.45) is 1.66. The molecule has 2 aliphatic carbocycles. The van der Waals surface area contributed by atoms with Crippen molar-refractivity contribution in [3.05, 3.63) is 59.7 Å². The molecule has 2 aromatic rings. The summed E-state index contributed by atoms with van der Waals surface area (Å²) in [4.78, 5) is 53.2. The second-order valence-corrected chi connectivity index (χ2v) is 12.6. The van der Waals surface area contributed by atoms with E-state index in [0.29, 0.717) is 5.57 Å². The molecule has 6 rings (SSSR count). The molecule has 0 unspecified atom stereocenters. The zero-order valence-electron chi connectivity index (χ0n) is 22.0. The number of amides is 4. The first-order valence-electron chi connectivity index (χ1n) is 13.1. The minimum atomic E-state index is -2.09. The number of alkyl halides is 3. The summed E-state index contributed by atoms with van der Waals surface area (Å²) < 4.78 is 5.55. The van der Waals surface area contributed by atoms with Crippen molar-refractivity contribution in [1.82, 2.24) is 4.90 Å². The van der Waals surface area contributed by atoms with Gasteiger partial charge in [-0.05, 0) is 48.5 Å². The number of phenolic OH excluding ortho intramolecular Hbond substituents is 1. The summed E-state index contributed by atoms with van der Waals surface area (Å²) in [5.41, 5.74) is 0.744. The fourth-order valence-electron chi connectivity index (χ4n) is 7.15. The molecule has 3 fully saturated rings. The molecule has 218 valence electrons. The van der Waals surface area contributed by atoms with Gasteiger partial charge in [0.25, 0.3) is 11.8 Å². The Morgan fingerprint density at radius 2 is 1.76 bits per heavy atom. The van der Waals surface area contributed by atoms with Gasteiger partial charge in [-0.1, -0.05) is 45.8 Å². The number of imide groups is 2. The van der Waals surface area contributed by atoms with Gasteiger partial charge in [-0.25, -0.2) is 0 Å². The Morgan fingerprint density at radius 1 is 1.05 bits per heavy atom. The molecule has 0 aromatic heterocycles. The summed E-state index contributed by atoms with van der Waals surface area (Å²) in [7, 11) is -0.420. The van der Waals surface area contributed by atoms with E-state index in [4.69, 9.17) is 27.9 Å². The third kappa shape index (κ3) is 3.71. The third-order valence-corrected chi connectivity index (χ3v) is 10.9. The minimum absolute atomic E-state index is 0.0997. The van der Waals surface area contributed by atoms with Gasteiger partial charge in [0.15, 0.2) is 9.75 Å². The summed E-state index contributed by atoms with van der Waals surface area (Å²) in [5.74, 6) is -6.33. The molecule has 10 nitrogen and oxygen atoms in total. The lowest BCUT2D eigenvalue weighted by atomic mass is 9.56. The van der Waals surface area contributed by atoms with Crippen LogP contribution in [0.4, 0.5) is 5.69 Å². The van der Waals surface area contributed by atoms with Crippen LogP contribution in [0, 0.1) is 17.8 Å². The number of carbonyl (C=O) groups excluding carboxylic acids is 4. The van der Waals surface area contributed by atoms with Gasteiger partial charge >= 0.3 is 7.12 Å². The molecule has 2 aromatic carbocycles. The molecule has 0 spiro atoms. The highest BCUT2D eigenvalue weighted by atomic mass is 79.9. The van der Waals surface area contributed by atoms with Crippen LogP contribution in [0.15, 0.2) is 54.1 Å². The maximum absolute atomic E-state index is 14.1. The van der Waals surface area contributed by atoms with E-state index in [2.05, 4.69) is 15.9 Å². The number of likely N-dealkylation sites (tertiary alicyclic amines) is 1. The van der Waals surface area contributed by atoms with Crippen molar-refractivity contribution in [2.45, 2.75) is 28.5 Å². The van der Waals surface area contributed by atoms with Crippen molar-refractivity contribution < 1.29 is 39.1 Å². The first-order chi connectivity index (χ1) is 19.9. The van der Waals surface area contributed by atoms with E-state index in [0.717, 1.165) is 9.80 Å². The first kappa shape index (κ1) is 29.2. The van der Waals surface area contributed by atoms with Crippen LogP contribution in [0.5, 0.6) is 11.5 Å². The highest BCUT2D eigenvalue weighted by molar-refractivity contribution is 9.09. The van der Waals surface area contributed by atoms with Gasteiger partial charge in [0.2, 0.25) is 11.8 Å². The van der Waals surface area contributed by atoms with Crippen LogP contribution in [0.1, 0.15) is 24.3 Å². The number of benzene rings is 2. The van der Waals surface area contributed by atoms with E-state index >= 15 is 0 Å². The standard InChI is InChI=1S/C28H24BBrCl2N2O8/c1-42-19-7-3-6-18(35)21(19)22-15-8-9-16-20(17(15)11-27(31)25(38)33(12-30)26(39)28(22,27)32)24(37)34(23(16)36)14-5-2-4-13(10-14)29(40)41/h2-8,10,16-17,20,22,35,40-41H,9,11-12H2,1H3/t16-,17+,20-,22+,27+,28-/m0/s1. The Bertz CT molecular complexity index is 1590. The van der Waals surface area contributed by atoms with Crippen molar-refractivity contribution in [3.8, 4) is 11.5 Å². The Morgan fingerprint density at radius 3 is 2.43 bits per heavy atom. The van der Waals surface area contributed by atoms with Gasteiger partial charge in [0, 0.05) is 11.5 Å². The summed E-state index contributed by atoms with van der Waals surface area (Å²) >= 11 is 17.6. The molecule has 2 saturated heterocycles. The van der Waals surface area contributed by atoms with E-state index in [1.165, 1.54) is 37.4 Å². The van der Waals surface area contributed by atoms with E-state index in [1.807, 2.05) is 0 Å². The van der Waals surface area contributed by atoms with Crippen LogP contribution >= 0.6 is 39.1 Å². The lowest BCUT2D eigenvalue weighted by Crippen LogP contribution is -2.60. The topological polar surface area (TPSA) is 145 Å². The molecule has 6 atom stereocenters. The highest BCUT2D eigenvalue weighted by Gasteiger charge is 2.76. The number of hydrogen-bond donors (Lipinski definition) is 3. The fraction of sp³-hybridized carbons (Fsp3) is 0.357. The molecule has 2 heterocycles. The molecule has 42 heavy (non-hydrogen) atoms. The van der Waals surface area contributed by atoms with Crippen molar-refractivity contribution in [2.75, 3.05) is 17.5 Å². The van der Waals surface area contributed by atoms with E-state index < -0.39 is 64.2 Å². The molecule has 3 N–H and O–H groups in total. The van der Waals surface area contributed by atoms with Crippen molar-refractivity contribution in [2.24, 2.45) is 17.8 Å². The monoisotopic (exact) mass is 676 g/mol. The quantitative estimate of drug-likeness (QED) is 0.143. The largest absolute Gasteiger partial charge is 0.508 e. The first-order valence-corrected chi connectivity index (χ1v) is 15.0. The highest BCUT2D eigenvalue weighted by Crippen LogP contribution is 2.67. The summed E-state index contributed by atoms with van der Waals surface area (Å²) in [6.45, 7) is 0. The van der Waals surface area contributed by atoms with Crippen LogP contribution in [0.2, 0.25) is 0 Å². The van der Waals surface area contributed by atoms with Gasteiger partial charge in [0.05, 0.1) is 30.1 Å². The SMILES string of the molecule is COc1cccc(O)c1[C@H]1C2=CC[C@@H]3C(=O)N(c4cccc(B(O)O)c4)C(=O)[C@@H]3[C@@H]2C[C@@]2(Cl)C(=O)N(CBr)C(=O)[C@@]12Cl. The number of fused-ring (bicyclic) bond motifs is 4. The second-order valence-electron chi connectivity index (χ2n) is 10.9. The average Bonchev–Trinajstić information content (AvgIpc) is 3.31. The number of anilines is 1. The maximum atomic E-state index is 14.1. The van der Waals surface area contributed by atoms with Crippen LogP contribution in [-0.2, 0) is 19.2 Å². The number of nitrogens with zero attached hydrogens (tertiary/aromatic N) is 2.